The number of aromatic nitrogens is 2. The number of aryl methyl sites for hydroxylation is 2. The Morgan fingerprint density at radius 2 is 1.95 bits per heavy atom. The van der Waals surface area contributed by atoms with Crippen LogP contribution in [0.3, 0.4) is 0 Å². The fourth-order valence-electron chi connectivity index (χ4n) is 1.88. The highest BCUT2D eigenvalue weighted by molar-refractivity contribution is 6.17. The molecule has 104 valence electrons. The van der Waals surface area contributed by atoms with E-state index in [1.807, 2.05) is 31.2 Å². The summed E-state index contributed by atoms with van der Waals surface area (Å²) >= 11 is 5.79. The molecule has 0 saturated heterocycles. The first kappa shape index (κ1) is 14.5. The lowest BCUT2D eigenvalue weighted by atomic mass is 10.1. The first-order valence-electron chi connectivity index (χ1n) is 6.33. The van der Waals surface area contributed by atoms with E-state index in [1.54, 1.807) is 13.0 Å². The molecule has 1 aromatic heterocycles. The highest BCUT2D eigenvalue weighted by Crippen LogP contribution is 2.09. The predicted molar refractivity (Wildman–Crippen MR) is 78.7 cm³/mol. The van der Waals surface area contributed by atoms with E-state index in [-0.39, 0.29) is 5.91 Å². The Labute approximate surface area is 123 Å². The number of hydrogen-bond acceptors (Lipinski definition) is 3. The zero-order valence-corrected chi connectivity index (χ0v) is 12.2. The molecule has 0 aliphatic carbocycles. The van der Waals surface area contributed by atoms with Gasteiger partial charge in [0.25, 0.3) is 5.91 Å². The van der Waals surface area contributed by atoms with E-state index in [1.165, 1.54) is 0 Å². The second-order valence-electron chi connectivity index (χ2n) is 4.62. The molecular weight excluding hydrogens is 274 g/mol. The molecule has 2 aromatic rings. The van der Waals surface area contributed by atoms with Crippen molar-refractivity contribution in [2.45, 2.75) is 26.3 Å². The van der Waals surface area contributed by atoms with Crippen molar-refractivity contribution in [3.63, 3.8) is 0 Å². The van der Waals surface area contributed by atoms with Gasteiger partial charge in [-0.2, -0.15) is 10.2 Å². The molecule has 1 N–H and O–H groups in total. The summed E-state index contributed by atoms with van der Waals surface area (Å²) in [7, 11) is 0. The van der Waals surface area contributed by atoms with Crippen molar-refractivity contribution in [3.05, 3.63) is 58.4 Å². The lowest BCUT2D eigenvalue weighted by Crippen LogP contribution is -2.24. The number of carbonyl (C=O) groups is 1. The maximum atomic E-state index is 12.1. The molecule has 0 aliphatic heterocycles. The summed E-state index contributed by atoms with van der Waals surface area (Å²) in [6.45, 7) is 4.05. The number of nitrogens with zero attached hydrogens (tertiary/aromatic N) is 2. The van der Waals surface area contributed by atoms with E-state index in [4.69, 9.17) is 11.6 Å². The van der Waals surface area contributed by atoms with Crippen LogP contribution in [0.15, 0.2) is 30.3 Å². The maximum Gasteiger partial charge on any atom is 0.253 e. The topological polar surface area (TPSA) is 54.9 Å². The van der Waals surface area contributed by atoms with Crippen LogP contribution in [0.2, 0.25) is 0 Å². The number of benzene rings is 1. The van der Waals surface area contributed by atoms with Crippen LogP contribution in [0.25, 0.3) is 0 Å². The summed E-state index contributed by atoms with van der Waals surface area (Å²) in [6.07, 6.45) is 0. The van der Waals surface area contributed by atoms with Crippen LogP contribution in [-0.2, 0) is 12.4 Å². The van der Waals surface area contributed by atoms with Gasteiger partial charge in [-0.15, -0.1) is 11.6 Å². The van der Waals surface area contributed by atoms with Crippen LogP contribution in [0.1, 0.15) is 32.9 Å². The van der Waals surface area contributed by atoms with Crippen molar-refractivity contribution in [1.82, 2.24) is 15.5 Å². The molecule has 5 heteroatoms. The average Bonchev–Trinajstić information content (AvgIpc) is 2.47. The largest absolute Gasteiger partial charge is 0.348 e. The molecule has 0 radical (unpaired) electrons. The fraction of sp³-hybridized carbons (Fsp3) is 0.267. The molecule has 1 heterocycles. The second kappa shape index (κ2) is 6.48. The third-order valence-electron chi connectivity index (χ3n) is 2.94. The highest BCUT2D eigenvalue weighted by Gasteiger charge is 2.10. The van der Waals surface area contributed by atoms with Gasteiger partial charge in [-0.05, 0) is 31.0 Å². The minimum absolute atomic E-state index is 0.142. The van der Waals surface area contributed by atoms with Crippen molar-refractivity contribution in [2.75, 3.05) is 0 Å². The molecule has 0 atom stereocenters. The molecule has 0 aliphatic rings. The second-order valence-corrected chi connectivity index (χ2v) is 4.89. The summed E-state index contributed by atoms with van der Waals surface area (Å²) in [5.74, 6) is 0.325. The lowest BCUT2D eigenvalue weighted by Gasteiger charge is -2.08. The number of rotatable bonds is 4. The molecule has 4 nitrogen and oxygen atoms in total. The van der Waals surface area contributed by atoms with Gasteiger partial charge in [0, 0.05) is 12.4 Å². The first-order chi connectivity index (χ1) is 9.60. The molecule has 0 spiro atoms. The summed E-state index contributed by atoms with van der Waals surface area (Å²) in [5, 5.41) is 10.8. The van der Waals surface area contributed by atoms with Crippen LogP contribution in [0.5, 0.6) is 0 Å². The quantitative estimate of drug-likeness (QED) is 0.881. The van der Waals surface area contributed by atoms with Crippen molar-refractivity contribution < 1.29 is 4.79 Å². The molecular formula is C15H16ClN3O. The van der Waals surface area contributed by atoms with Crippen molar-refractivity contribution in [3.8, 4) is 0 Å². The Balaban J connectivity index is 2.06. The maximum absolute atomic E-state index is 12.1. The fourth-order valence-corrected chi connectivity index (χ4v) is 2.05. The lowest BCUT2D eigenvalue weighted by molar-refractivity contribution is 0.0949. The Morgan fingerprint density at radius 3 is 2.70 bits per heavy atom. The van der Waals surface area contributed by atoms with Gasteiger partial charge in [-0.3, -0.25) is 4.79 Å². The monoisotopic (exact) mass is 289 g/mol. The average molecular weight is 290 g/mol. The van der Waals surface area contributed by atoms with E-state index in [9.17, 15) is 4.79 Å². The van der Waals surface area contributed by atoms with Gasteiger partial charge in [0.05, 0.1) is 17.0 Å². The first-order valence-corrected chi connectivity index (χ1v) is 6.86. The number of hydrogen-bond donors (Lipinski definition) is 1. The molecule has 0 saturated carbocycles. The van der Waals surface area contributed by atoms with Gasteiger partial charge >= 0.3 is 0 Å². The summed E-state index contributed by atoms with van der Waals surface area (Å²) in [5.41, 5.74) is 3.97. The Morgan fingerprint density at radius 1 is 1.20 bits per heavy atom. The van der Waals surface area contributed by atoms with Crippen molar-refractivity contribution in [1.29, 1.82) is 0 Å². The normalized spacial score (nSPS) is 10.3. The zero-order valence-electron chi connectivity index (χ0n) is 11.5. The Bertz CT molecular complexity index is 628. The van der Waals surface area contributed by atoms with Gasteiger partial charge in [0.15, 0.2) is 0 Å². The number of alkyl halides is 1. The van der Waals surface area contributed by atoms with Gasteiger partial charge < -0.3 is 5.32 Å². The summed E-state index contributed by atoms with van der Waals surface area (Å²) in [6, 6.07) is 9.57. The number of halogens is 1. The smallest absolute Gasteiger partial charge is 0.253 e. The van der Waals surface area contributed by atoms with E-state index in [2.05, 4.69) is 15.5 Å². The van der Waals surface area contributed by atoms with Crippen molar-refractivity contribution in [2.24, 2.45) is 0 Å². The molecule has 0 fully saturated rings. The predicted octanol–water partition coefficient (Wildman–Crippen LogP) is 2.76. The van der Waals surface area contributed by atoms with Gasteiger partial charge in [0.2, 0.25) is 0 Å². The van der Waals surface area contributed by atoms with Crippen LogP contribution in [0.4, 0.5) is 0 Å². The summed E-state index contributed by atoms with van der Waals surface area (Å²) < 4.78 is 0. The third-order valence-corrected chi connectivity index (χ3v) is 3.25. The molecule has 0 unspecified atom stereocenters. The van der Waals surface area contributed by atoms with E-state index >= 15 is 0 Å². The minimum atomic E-state index is -0.142. The van der Waals surface area contributed by atoms with Gasteiger partial charge in [0.1, 0.15) is 0 Å². The van der Waals surface area contributed by atoms with Gasteiger partial charge in [-0.25, -0.2) is 0 Å². The summed E-state index contributed by atoms with van der Waals surface area (Å²) in [4.78, 5) is 12.1. The van der Waals surface area contributed by atoms with Crippen LogP contribution >= 0.6 is 11.6 Å². The Kier molecular flexibility index (Phi) is 4.69. The zero-order chi connectivity index (χ0) is 14.5. The van der Waals surface area contributed by atoms with E-state index < -0.39 is 0 Å². The molecule has 20 heavy (non-hydrogen) atoms. The van der Waals surface area contributed by atoms with Crippen LogP contribution in [0, 0.1) is 13.8 Å². The van der Waals surface area contributed by atoms with E-state index in [0.29, 0.717) is 23.7 Å². The standard InChI is InChI=1S/C15H16ClN3O/c1-10-6-14(11(2)19-18-10)15(20)17-9-13-5-3-4-12(7-13)8-16/h3-7H,8-9H2,1-2H3,(H,17,20). The number of amides is 1. The number of nitrogens with one attached hydrogen (secondary N) is 1. The van der Waals surface area contributed by atoms with E-state index in [0.717, 1.165) is 16.8 Å². The van der Waals surface area contributed by atoms with Crippen LogP contribution in [-0.4, -0.2) is 16.1 Å². The highest BCUT2D eigenvalue weighted by atomic mass is 35.5. The molecule has 1 aromatic carbocycles. The Hall–Kier alpha value is -1.94. The molecule has 2 rings (SSSR count). The number of carbonyl (C=O) groups excluding carboxylic acids is 1. The molecule has 0 bridgehead atoms. The van der Waals surface area contributed by atoms with Crippen molar-refractivity contribution >= 4 is 17.5 Å². The molecule has 1 amide bonds. The van der Waals surface area contributed by atoms with Crippen LogP contribution < -0.4 is 5.32 Å². The van der Waals surface area contributed by atoms with Gasteiger partial charge in [-0.1, -0.05) is 24.3 Å². The SMILES string of the molecule is Cc1cc(C(=O)NCc2cccc(CCl)c2)c(C)nn1. The minimum Gasteiger partial charge on any atom is -0.348 e. The third kappa shape index (κ3) is 3.54.